The molecule has 1 N–H and O–H groups in total. The Kier molecular flexibility index (Phi) is 6.63. The number of rotatable bonds is 6. The molecule has 0 aromatic heterocycles. The number of nitrogens with one attached hydrogen (secondary N) is 1. The molecule has 11 heavy (non-hydrogen) atoms. The Morgan fingerprint density at radius 1 is 1.09 bits per heavy atom. The van der Waals surface area contributed by atoms with Crippen LogP contribution in [0.3, 0.4) is 0 Å². The van der Waals surface area contributed by atoms with Gasteiger partial charge >= 0.3 is 0 Å². The SMILES string of the molecule is CNCCCCC(C)C(C)C. The second-order valence-electron chi connectivity index (χ2n) is 3.82. The van der Waals surface area contributed by atoms with Crippen LogP contribution in [0, 0.1) is 11.8 Å². The predicted octanol–water partition coefficient (Wildman–Crippen LogP) is 2.67. The standard InChI is InChI=1S/C10H23N/c1-9(2)10(3)7-5-6-8-11-4/h9-11H,5-8H2,1-4H3. The van der Waals surface area contributed by atoms with Crippen molar-refractivity contribution in [2.75, 3.05) is 13.6 Å². The normalized spacial score (nSPS) is 13.9. The van der Waals surface area contributed by atoms with Gasteiger partial charge in [0.25, 0.3) is 0 Å². The van der Waals surface area contributed by atoms with Crippen molar-refractivity contribution < 1.29 is 0 Å². The van der Waals surface area contributed by atoms with Crippen molar-refractivity contribution in [3.8, 4) is 0 Å². The first kappa shape index (κ1) is 11.0. The van der Waals surface area contributed by atoms with E-state index in [9.17, 15) is 0 Å². The maximum Gasteiger partial charge on any atom is -0.00519 e. The van der Waals surface area contributed by atoms with E-state index in [1.807, 2.05) is 7.05 Å². The molecular weight excluding hydrogens is 134 g/mol. The molecule has 0 fully saturated rings. The monoisotopic (exact) mass is 157 g/mol. The summed E-state index contributed by atoms with van der Waals surface area (Å²) in [7, 11) is 2.02. The quantitative estimate of drug-likeness (QED) is 0.584. The summed E-state index contributed by atoms with van der Waals surface area (Å²) >= 11 is 0. The highest BCUT2D eigenvalue weighted by Gasteiger charge is 2.05. The van der Waals surface area contributed by atoms with Crippen molar-refractivity contribution >= 4 is 0 Å². The molecule has 0 radical (unpaired) electrons. The molecule has 1 atom stereocenters. The van der Waals surface area contributed by atoms with Gasteiger partial charge in [0.1, 0.15) is 0 Å². The maximum absolute atomic E-state index is 3.17. The highest BCUT2D eigenvalue weighted by molar-refractivity contribution is 4.57. The molecule has 68 valence electrons. The first-order valence-electron chi connectivity index (χ1n) is 4.83. The van der Waals surface area contributed by atoms with Crippen LogP contribution < -0.4 is 5.32 Å². The van der Waals surface area contributed by atoms with Crippen LogP contribution in [0.2, 0.25) is 0 Å². The lowest BCUT2D eigenvalue weighted by atomic mass is 9.93. The Morgan fingerprint density at radius 3 is 2.18 bits per heavy atom. The van der Waals surface area contributed by atoms with Gasteiger partial charge in [-0.2, -0.15) is 0 Å². The van der Waals surface area contributed by atoms with Gasteiger partial charge < -0.3 is 5.32 Å². The zero-order valence-electron chi connectivity index (χ0n) is 8.48. The van der Waals surface area contributed by atoms with Crippen LogP contribution in [0.4, 0.5) is 0 Å². The summed E-state index contributed by atoms with van der Waals surface area (Å²) in [6.07, 6.45) is 4.09. The number of hydrogen-bond acceptors (Lipinski definition) is 1. The van der Waals surface area contributed by atoms with Gasteiger partial charge in [0.15, 0.2) is 0 Å². The molecule has 0 aliphatic heterocycles. The van der Waals surface area contributed by atoms with Crippen LogP contribution in [-0.2, 0) is 0 Å². The van der Waals surface area contributed by atoms with Gasteiger partial charge in [-0.1, -0.05) is 33.6 Å². The summed E-state index contributed by atoms with van der Waals surface area (Å²) < 4.78 is 0. The summed E-state index contributed by atoms with van der Waals surface area (Å²) in [6, 6.07) is 0. The van der Waals surface area contributed by atoms with Crippen LogP contribution in [0.5, 0.6) is 0 Å². The molecule has 0 bridgehead atoms. The van der Waals surface area contributed by atoms with Crippen LogP contribution in [0.15, 0.2) is 0 Å². The summed E-state index contributed by atoms with van der Waals surface area (Å²) in [5, 5.41) is 3.17. The summed E-state index contributed by atoms with van der Waals surface area (Å²) in [5.74, 6) is 1.75. The summed E-state index contributed by atoms with van der Waals surface area (Å²) in [4.78, 5) is 0. The van der Waals surface area contributed by atoms with Gasteiger partial charge in [-0.3, -0.25) is 0 Å². The second kappa shape index (κ2) is 6.66. The fourth-order valence-electron chi connectivity index (χ4n) is 1.10. The maximum atomic E-state index is 3.17. The van der Waals surface area contributed by atoms with Crippen LogP contribution in [0.1, 0.15) is 40.0 Å². The highest BCUT2D eigenvalue weighted by Crippen LogP contribution is 2.16. The molecule has 0 amide bonds. The molecule has 0 saturated heterocycles. The summed E-state index contributed by atoms with van der Waals surface area (Å²) in [6.45, 7) is 8.14. The van der Waals surface area contributed by atoms with Crippen molar-refractivity contribution in [3.05, 3.63) is 0 Å². The minimum absolute atomic E-state index is 0.851. The van der Waals surface area contributed by atoms with E-state index in [1.165, 1.54) is 25.8 Å². The fourth-order valence-corrected chi connectivity index (χ4v) is 1.10. The Hall–Kier alpha value is -0.0400. The Bertz CT molecular complexity index is 78.9. The van der Waals surface area contributed by atoms with Gasteiger partial charge in [0.05, 0.1) is 0 Å². The molecule has 0 heterocycles. The van der Waals surface area contributed by atoms with E-state index < -0.39 is 0 Å². The van der Waals surface area contributed by atoms with Gasteiger partial charge in [-0.25, -0.2) is 0 Å². The molecule has 1 unspecified atom stereocenters. The van der Waals surface area contributed by atoms with Gasteiger partial charge in [0, 0.05) is 0 Å². The van der Waals surface area contributed by atoms with Crippen molar-refractivity contribution in [1.29, 1.82) is 0 Å². The first-order valence-corrected chi connectivity index (χ1v) is 4.83. The van der Waals surface area contributed by atoms with Crippen LogP contribution >= 0.6 is 0 Å². The number of unbranched alkanes of at least 4 members (excludes halogenated alkanes) is 1. The van der Waals surface area contributed by atoms with Crippen LogP contribution in [0.25, 0.3) is 0 Å². The van der Waals surface area contributed by atoms with E-state index in [-0.39, 0.29) is 0 Å². The van der Waals surface area contributed by atoms with Gasteiger partial charge in [-0.15, -0.1) is 0 Å². The minimum atomic E-state index is 0.851. The molecule has 0 aliphatic rings. The van der Waals surface area contributed by atoms with Crippen LogP contribution in [-0.4, -0.2) is 13.6 Å². The van der Waals surface area contributed by atoms with E-state index >= 15 is 0 Å². The molecular formula is C10H23N. The molecule has 0 aromatic carbocycles. The first-order chi connectivity index (χ1) is 5.18. The largest absolute Gasteiger partial charge is 0.320 e. The van der Waals surface area contributed by atoms with Crippen molar-refractivity contribution in [2.24, 2.45) is 11.8 Å². The van der Waals surface area contributed by atoms with E-state index in [1.54, 1.807) is 0 Å². The zero-order valence-corrected chi connectivity index (χ0v) is 8.48. The predicted molar refractivity (Wildman–Crippen MR) is 51.8 cm³/mol. The minimum Gasteiger partial charge on any atom is -0.320 e. The van der Waals surface area contributed by atoms with E-state index in [2.05, 4.69) is 26.1 Å². The Balaban J connectivity index is 3.10. The molecule has 1 heteroatoms. The fraction of sp³-hybridized carbons (Fsp3) is 1.00. The summed E-state index contributed by atoms with van der Waals surface area (Å²) in [5.41, 5.74) is 0. The lowest BCUT2D eigenvalue weighted by Crippen LogP contribution is -2.09. The molecule has 1 nitrogen and oxygen atoms in total. The Labute approximate surface area is 71.6 Å². The lowest BCUT2D eigenvalue weighted by Gasteiger charge is -2.14. The average molecular weight is 157 g/mol. The third-order valence-corrected chi connectivity index (χ3v) is 2.47. The molecule has 0 rings (SSSR count). The molecule has 0 spiro atoms. The smallest absolute Gasteiger partial charge is 0.00519 e. The van der Waals surface area contributed by atoms with Gasteiger partial charge in [0.2, 0.25) is 0 Å². The zero-order chi connectivity index (χ0) is 8.69. The van der Waals surface area contributed by atoms with Crippen molar-refractivity contribution in [2.45, 2.75) is 40.0 Å². The highest BCUT2D eigenvalue weighted by atomic mass is 14.8. The van der Waals surface area contributed by atoms with Crippen molar-refractivity contribution in [1.82, 2.24) is 5.32 Å². The third-order valence-electron chi connectivity index (χ3n) is 2.47. The third kappa shape index (κ3) is 6.36. The van der Waals surface area contributed by atoms with Crippen molar-refractivity contribution in [3.63, 3.8) is 0 Å². The topological polar surface area (TPSA) is 12.0 Å². The average Bonchev–Trinajstić information content (AvgIpc) is 1.97. The van der Waals surface area contributed by atoms with Gasteiger partial charge in [-0.05, 0) is 31.8 Å². The van der Waals surface area contributed by atoms with E-state index in [4.69, 9.17) is 0 Å². The molecule has 0 aromatic rings. The van der Waals surface area contributed by atoms with E-state index in [0.717, 1.165) is 11.8 Å². The molecule has 0 aliphatic carbocycles. The molecule has 0 saturated carbocycles. The van der Waals surface area contributed by atoms with E-state index in [0.29, 0.717) is 0 Å². The number of hydrogen-bond donors (Lipinski definition) is 1. The second-order valence-corrected chi connectivity index (χ2v) is 3.82. The Morgan fingerprint density at radius 2 is 1.73 bits per heavy atom. The lowest BCUT2D eigenvalue weighted by molar-refractivity contribution is 0.377.